The average molecular weight is 300 g/mol. The van der Waals surface area contributed by atoms with E-state index in [2.05, 4.69) is 0 Å². The van der Waals surface area contributed by atoms with Crippen LogP contribution in [-0.4, -0.2) is 7.11 Å². The molecular formula is C14H12Cl2FNO. The van der Waals surface area contributed by atoms with Crippen LogP contribution in [0.2, 0.25) is 10.0 Å². The first kappa shape index (κ1) is 14.1. The molecule has 0 fully saturated rings. The quantitative estimate of drug-likeness (QED) is 0.922. The average Bonchev–Trinajstić information content (AvgIpc) is 2.40. The number of nitrogens with two attached hydrogens (primary N) is 1. The Morgan fingerprint density at radius 2 is 1.79 bits per heavy atom. The molecule has 0 aliphatic carbocycles. The van der Waals surface area contributed by atoms with E-state index in [9.17, 15) is 4.39 Å². The molecular weight excluding hydrogens is 288 g/mol. The number of methoxy groups -OCH3 is 1. The SMILES string of the molecule is COc1cc(Cl)c(C(N)c2ccccc2F)cc1Cl. The van der Waals surface area contributed by atoms with E-state index in [0.29, 0.717) is 26.9 Å². The van der Waals surface area contributed by atoms with E-state index in [-0.39, 0.29) is 5.82 Å². The summed E-state index contributed by atoms with van der Waals surface area (Å²) in [7, 11) is 1.49. The van der Waals surface area contributed by atoms with E-state index in [4.69, 9.17) is 33.7 Å². The molecule has 0 aliphatic rings. The maximum absolute atomic E-state index is 13.7. The van der Waals surface area contributed by atoms with E-state index in [0.717, 1.165) is 0 Å². The normalized spacial score (nSPS) is 12.3. The number of benzene rings is 2. The summed E-state index contributed by atoms with van der Waals surface area (Å²) in [4.78, 5) is 0. The molecule has 0 heterocycles. The molecule has 2 nitrogen and oxygen atoms in total. The summed E-state index contributed by atoms with van der Waals surface area (Å²) in [5.41, 5.74) is 6.97. The van der Waals surface area contributed by atoms with Gasteiger partial charge in [-0.1, -0.05) is 41.4 Å². The van der Waals surface area contributed by atoms with Crippen LogP contribution in [0, 0.1) is 5.82 Å². The molecule has 2 rings (SSSR count). The monoisotopic (exact) mass is 299 g/mol. The first-order valence-electron chi connectivity index (χ1n) is 5.57. The lowest BCUT2D eigenvalue weighted by Crippen LogP contribution is -2.14. The van der Waals surface area contributed by atoms with Crippen molar-refractivity contribution in [3.05, 3.63) is 63.4 Å². The van der Waals surface area contributed by atoms with E-state index in [1.54, 1.807) is 30.3 Å². The smallest absolute Gasteiger partial charge is 0.138 e. The van der Waals surface area contributed by atoms with E-state index in [1.807, 2.05) is 0 Å². The van der Waals surface area contributed by atoms with Gasteiger partial charge in [0.1, 0.15) is 11.6 Å². The van der Waals surface area contributed by atoms with Gasteiger partial charge in [-0.15, -0.1) is 0 Å². The van der Waals surface area contributed by atoms with Crippen LogP contribution in [0.15, 0.2) is 36.4 Å². The highest BCUT2D eigenvalue weighted by Gasteiger charge is 2.18. The topological polar surface area (TPSA) is 35.2 Å². The van der Waals surface area contributed by atoms with Gasteiger partial charge in [0, 0.05) is 16.7 Å². The number of hydrogen-bond donors (Lipinski definition) is 1. The highest BCUT2D eigenvalue weighted by atomic mass is 35.5. The first-order chi connectivity index (χ1) is 9.04. The minimum absolute atomic E-state index is 0.366. The van der Waals surface area contributed by atoms with Gasteiger partial charge in [0.2, 0.25) is 0 Å². The summed E-state index contributed by atoms with van der Waals surface area (Å²) in [6.45, 7) is 0. The lowest BCUT2D eigenvalue weighted by Gasteiger charge is -2.16. The van der Waals surface area contributed by atoms with Crippen LogP contribution in [0.3, 0.4) is 0 Å². The number of hydrogen-bond acceptors (Lipinski definition) is 2. The molecule has 0 aromatic heterocycles. The van der Waals surface area contributed by atoms with Crippen molar-refractivity contribution >= 4 is 23.2 Å². The molecule has 0 radical (unpaired) electrons. The third-order valence-corrected chi connectivity index (χ3v) is 3.47. The molecule has 100 valence electrons. The predicted molar refractivity (Wildman–Crippen MR) is 75.4 cm³/mol. The molecule has 19 heavy (non-hydrogen) atoms. The van der Waals surface area contributed by atoms with Crippen molar-refractivity contribution in [2.45, 2.75) is 6.04 Å². The lowest BCUT2D eigenvalue weighted by atomic mass is 9.99. The molecule has 0 bridgehead atoms. The zero-order valence-electron chi connectivity index (χ0n) is 10.2. The Morgan fingerprint density at radius 3 is 2.42 bits per heavy atom. The van der Waals surface area contributed by atoms with Crippen molar-refractivity contribution in [2.75, 3.05) is 7.11 Å². The van der Waals surface area contributed by atoms with Gasteiger partial charge >= 0.3 is 0 Å². The molecule has 0 saturated heterocycles. The molecule has 2 aromatic carbocycles. The lowest BCUT2D eigenvalue weighted by molar-refractivity contribution is 0.415. The van der Waals surface area contributed by atoms with Crippen LogP contribution in [0.5, 0.6) is 5.75 Å². The van der Waals surface area contributed by atoms with Gasteiger partial charge in [-0.05, 0) is 17.7 Å². The van der Waals surface area contributed by atoms with Crippen LogP contribution in [0.1, 0.15) is 17.2 Å². The molecule has 1 atom stereocenters. The van der Waals surface area contributed by atoms with Gasteiger partial charge in [0.25, 0.3) is 0 Å². The largest absolute Gasteiger partial charge is 0.495 e. The number of halogens is 3. The zero-order valence-corrected chi connectivity index (χ0v) is 11.7. The second-order valence-electron chi connectivity index (χ2n) is 4.01. The highest BCUT2D eigenvalue weighted by molar-refractivity contribution is 6.34. The third kappa shape index (κ3) is 2.84. The fraction of sp³-hybridized carbons (Fsp3) is 0.143. The van der Waals surface area contributed by atoms with Gasteiger partial charge in [-0.2, -0.15) is 0 Å². The van der Waals surface area contributed by atoms with Crippen LogP contribution in [0.4, 0.5) is 4.39 Å². The molecule has 2 aromatic rings. The van der Waals surface area contributed by atoms with Gasteiger partial charge in [-0.25, -0.2) is 4.39 Å². The van der Waals surface area contributed by atoms with E-state index < -0.39 is 6.04 Å². The summed E-state index contributed by atoms with van der Waals surface area (Å²) in [5, 5.41) is 0.769. The molecule has 0 amide bonds. The van der Waals surface area contributed by atoms with Crippen molar-refractivity contribution in [1.82, 2.24) is 0 Å². The van der Waals surface area contributed by atoms with Gasteiger partial charge in [0.05, 0.1) is 18.2 Å². The van der Waals surface area contributed by atoms with E-state index in [1.165, 1.54) is 13.2 Å². The minimum atomic E-state index is -0.683. The third-order valence-electron chi connectivity index (χ3n) is 2.85. The van der Waals surface area contributed by atoms with Gasteiger partial charge < -0.3 is 10.5 Å². The summed E-state index contributed by atoms with van der Waals surface area (Å²) >= 11 is 12.2. The maximum atomic E-state index is 13.7. The Morgan fingerprint density at radius 1 is 1.11 bits per heavy atom. The van der Waals surface area contributed by atoms with Crippen molar-refractivity contribution in [1.29, 1.82) is 0 Å². The van der Waals surface area contributed by atoms with Crippen LogP contribution in [-0.2, 0) is 0 Å². The fourth-order valence-electron chi connectivity index (χ4n) is 1.83. The van der Waals surface area contributed by atoms with Crippen LogP contribution < -0.4 is 10.5 Å². The first-order valence-corrected chi connectivity index (χ1v) is 6.33. The second-order valence-corrected chi connectivity index (χ2v) is 4.82. The summed E-state index contributed by atoms with van der Waals surface area (Å²) < 4.78 is 18.8. The van der Waals surface area contributed by atoms with Crippen LogP contribution in [0.25, 0.3) is 0 Å². The number of rotatable bonds is 3. The standard InChI is InChI=1S/C14H12Cl2FNO/c1-19-13-7-10(15)9(6-11(13)16)14(18)8-4-2-3-5-12(8)17/h2-7,14H,18H2,1H3. The van der Waals surface area contributed by atoms with Crippen molar-refractivity contribution in [2.24, 2.45) is 5.73 Å². The minimum Gasteiger partial charge on any atom is -0.495 e. The Bertz CT molecular complexity index is 604. The van der Waals surface area contributed by atoms with Crippen LogP contribution >= 0.6 is 23.2 Å². The highest BCUT2D eigenvalue weighted by Crippen LogP contribution is 2.35. The van der Waals surface area contributed by atoms with Crippen molar-refractivity contribution < 1.29 is 9.13 Å². The molecule has 2 N–H and O–H groups in total. The summed E-state index contributed by atoms with van der Waals surface area (Å²) in [6.07, 6.45) is 0. The second kappa shape index (κ2) is 5.78. The molecule has 0 aliphatic heterocycles. The van der Waals surface area contributed by atoms with Gasteiger partial charge in [-0.3, -0.25) is 0 Å². The Kier molecular flexibility index (Phi) is 4.30. The zero-order chi connectivity index (χ0) is 14.0. The summed E-state index contributed by atoms with van der Waals surface area (Å²) in [5.74, 6) is 0.0779. The Labute approximate surface area is 120 Å². The molecule has 0 saturated carbocycles. The fourth-order valence-corrected chi connectivity index (χ4v) is 2.35. The van der Waals surface area contributed by atoms with Crippen molar-refractivity contribution in [3.63, 3.8) is 0 Å². The molecule has 0 spiro atoms. The summed E-state index contributed by atoms with van der Waals surface area (Å²) in [6, 6.07) is 8.78. The maximum Gasteiger partial charge on any atom is 0.138 e. The van der Waals surface area contributed by atoms with Crippen molar-refractivity contribution in [3.8, 4) is 5.75 Å². The molecule has 1 unspecified atom stereocenters. The Balaban J connectivity index is 2.48. The van der Waals surface area contributed by atoms with Gasteiger partial charge in [0.15, 0.2) is 0 Å². The Hall–Kier alpha value is -1.29. The molecule has 5 heteroatoms. The van der Waals surface area contributed by atoms with E-state index >= 15 is 0 Å². The number of ether oxygens (including phenoxy) is 1. The predicted octanol–water partition coefficient (Wildman–Crippen LogP) is 4.19.